The van der Waals surface area contributed by atoms with Gasteiger partial charge in [0.25, 0.3) is 5.91 Å². The fourth-order valence-corrected chi connectivity index (χ4v) is 2.15. The first-order chi connectivity index (χ1) is 9.56. The first-order valence-electron chi connectivity index (χ1n) is 5.97. The number of benzene rings is 1. The van der Waals surface area contributed by atoms with Gasteiger partial charge in [0.1, 0.15) is 11.9 Å². The number of hydrogen-bond donors (Lipinski definition) is 2. The average Bonchev–Trinajstić information content (AvgIpc) is 2.95. The molecule has 20 heavy (non-hydrogen) atoms. The lowest BCUT2D eigenvalue weighted by atomic mass is 10.2. The minimum atomic E-state index is -0.686. The fraction of sp³-hybridized carbons (Fsp3) is 0.143. The predicted molar refractivity (Wildman–Crippen MR) is 76.3 cm³/mol. The van der Waals surface area contributed by atoms with Gasteiger partial charge in [-0.3, -0.25) is 9.59 Å². The number of thiophene rings is 1. The summed E-state index contributed by atoms with van der Waals surface area (Å²) in [5, 5.41) is 6.99. The quantitative estimate of drug-likeness (QED) is 0.910. The number of anilines is 1. The smallest absolute Gasteiger partial charge is 0.261 e. The Bertz CT molecular complexity index is 596. The molecule has 104 valence electrons. The van der Waals surface area contributed by atoms with Crippen LogP contribution in [0.1, 0.15) is 16.6 Å². The highest BCUT2D eigenvalue weighted by Gasteiger charge is 2.17. The van der Waals surface area contributed by atoms with Crippen molar-refractivity contribution in [1.82, 2.24) is 5.32 Å². The Labute approximate surface area is 119 Å². The van der Waals surface area contributed by atoms with E-state index in [1.54, 1.807) is 24.4 Å². The molecule has 2 N–H and O–H groups in total. The maximum Gasteiger partial charge on any atom is 0.261 e. The molecular weight excluding hydrogens is 279 g/mol. The lowest BCUT2D eigenvalue weighted by Crippen LogP contribution is -2.41. The van der Waals surface area contributed by atoms with E-state index in [2.05, 4.69) is 10.6 Å². The topological polar surface area (TPSA) is 58.2 Å². The molecule has 0 radical (unpaired) electrons. The Kier molecular flexibility index (Phi) is 4.47. The van der Waals surface area contributed by atoms with Crippen LogP contribution >= 0.6 is 11.3 Å². The van der Waals surface area contributed by atoms with Crippen LogP contribution in [0.2, 0.25) is 0 Å². The van der Waals surface area contributed by atoms with Crippen LogP contribution in [0.3, 0.4) is 0 Å². The van der Waals surface area contributed by atoms with Gasteiger partial charge in [-0.15, -0.1) is 11.3 Å². The van der Waals surface area contributed by atoms with Crippen LogP contribution in [-0.4, -0.2) is 17.9 Å². The average molecular weight is 292 g/mol. The molecule has 1 aromatic heterocycles. The molecular formula is C14H13FN2O2S. The minimum absolute atomic E-state index is 0.290. The van der Waals surface area contributed by atoms with Crippen LogP contribution in [0.5, 0.6) is 0 Å². The number of amides is 2. The minimum Gasteiger partial charge on any atom is -0.340 e. The Morgan fingerprint density at radius 2 is 1.90 bits per heavy atom. The number of hydrogen-bond acceptors (Lipinski definition) is 3. The molecule has 6 heteroatoms. The first-order valence-corrected chi connectivity index (χ1v) is 6.85. The monoisotopic (exact) mass is 292 g/mol. The molecule has 0 fully saturated rings. The van der Waals surface area contributed by atoms with Crippen LogP contribution < -0.4 is 10.6 Å². The van der Waals surface area contributed by atoms with Gasteiger partial charge in [-0.2, -0.15) is 0 Å². The summed E-state index contributed by atoms with van der Waals surface area (Å²) in [4.78, 5) is 24.2. The van der Waals surface area contributed by atoms with E-state index in [-0.39, 0.29) is 17.6 Å². The van der Waals surface area contributed by atoms with Crippen molar-refractivity contribution in [1.29, 1.82) is 0 Å². The zero-order valence-corrected chi connectivity index (χ0v) is 11.5. The van der Waals surface area contributed by atoms with E-state index in [4.69, 9.17) is 0 Å². The van der Waals surface area contributed by atoms with Crippen LogP contribution in [-0.2, 0) is 4.79 Å². The predicted octanol–water partition coefficient (Wildman–Crippen LogP) is 2.64. The van der Waals surface area contributed by atoms with Gasteiger partial charge in [-0.25, -0.2) is 4.39 Å². The van der Waals surface area contributed by atoms with Crippen molar-refractivity contribution in [2.24, 2.45) is 0 Å². The second-order valence-electron chi connectivity index (χ2n) is 4.17. The normalized spacial score (nSPS) is 11.7. The van der Waals surface area contributed by atoms with E-state index >= 15 is 0 Å². The van der Waals surface area contributed by atoms with Gasteiger partial charge < -0.3 is 10.6 Å². The highest BCUT2D eigenvalue weighted by atomic mass is 32.1. The van der Waals surface area contributed by atoms with Gasteiger partial charge in [-0.05, 0) is 42.6 Å². The van der Waals surface area contributed by atoms with Gasteiger partial charge in [0.15, 0.2) is 0 Å². The number of carbonyl (C=O) groups is 2. The summed E-state index contributed by atoms with van der Waals surface area (Å²) in [5.74, 6) is -1.02. The molecule has 2 amide bonds. The summed E-state index contributed by atoms with van der Waals surface area (Å²) in [5.41, 5.74) is 0.480. The van der Waals surface area contributed by atoms with Crippen molar-refractivity contribution < 1.29 is 14.0 Å². The van der Waals surface area contributed by atoms with E-state index in [9.17, 15) is 14.0 Å². The van der Waals surface area contributed by atoms with Gasteiger partial charge in [0, 0.05) is 5.69 Å². The van der Waals surface area contributed by atoms with E-state index in [0.717, 1.165) is 0 Å². The highest BCUT2D eigenvalue weighted by molar-refractivity contribution is 7.12. The summed E-state index contributed by atoms with van der Waals surface area (Å²) in [6.07, 6.45) is 0. The maximum atomic E-state index is 12.7. The molecule has 0 aliphatic rings. The maximum absolute atomic E-state index is 12.7. The van der Waals surface area contributed by atoms with Crippen molar-refractivity contribution in [2.45, 2.75) is 13.0 Å². The Morgan fingerprint density at radius 1 is 1.20 bits per heavy atom. The summed E-state index contributed by atoms with van der Waals surface area (Å²) >= 11 is 1.30. The van der Waals surface area contributed by atoms with Crippen molar-refractivity contribution in [3.05, 3.63) is 52.5 Å². The molecule has 0 aliphatic carbocycles. The molecule has 1 atom stereocenters. The number of carbonyl (C=O) groups excluding carboxylic acids is 2. The number of nitrogens with one attached hydrogen (secondary N) is 2. The lowest BCUT2D eigenvalue weighted by molar-refractivity contribution is -0.117. The van der Waals surface area contributed by atoms with Crippen molar-refractivity contribution in [2.75, 3.05) is 5.32 Å². The third kappa shape index (κ3) is 3.64. The molecule has 0 saturated heterocycles. The van der Waals surface area contributed by atoms with E-state index in [0.29, 0.717) is 10.6 Å². The van der Waals surface area contributed by atoms with E-state index < -0.39 is 6.04 Å². The molecule has 0 bridgehead atoms. The molecule has 0 spiro atoms. The molecule has 1 heterocycles. The largest absolute Gasteiger partial charge is 0.340 e. The molecule has 0 aliphatic heterocycles. The number of rotatable bonds is 4. The standard InChI is InChI=1S/C14H13FN2O2S/c1-9(16-14(19)12-3-2-8-20-12)13(18)17-11-6-4-10(15)5-7-11/h2-9H,1H3,(H,16,19)(H,17,18)/t9-/m0/s1. The lowest BCUT2D eigenvalue weighted by Gasteiger charge is -2.13. The van der Waals surface area contributed by atoms with Crippen LogP contribution in [0.15, 0.2) is 41.8 Å². The Balaban J connectivity index is 1.92. The Hall–Kier alpha value is -2.21. The van der Waals surface area contributed by atoms with Gasteiger partial charge in [0.2, 0.25) is 5.91 Å². The van der Waals surface area contributed by atoms with Gasteiger partial charge >= 0.3 is 0 Å². The second-order valence-corrected chi connectivity index (χ2v) is 5.12. The molecule has 4 nitrogen and oxygen atoms in total. The first kappa shape index (κ1) is 14.2. The number of halogens is 1. The van der Waals surface area contributed by atoms with Gasteiger partial charge in [0.05, 0.1) is 4.88 Å². The molecule has 1 aromatic carbocycles. The van der Waals surface area contributed by atoms with E-state index in [1.165, 1.54) is 35.6 Å². The van der Waals surface area contributed by atoms with Crippen molar-refractivity contribution >= 4 is 28.8 Å². The molecule has 0 saturated carbocycles. The summed E-state index contributed by atoms with van der Waals surface area (Å²) in [6, 6.07) is 8.19. The van der Waals surface area contributed by atoms with Crippen LogP contribution in [0, 0.1) is 5.82 Å². The second kappa shape index (κ2) is 6.29. The van der Waals surface area contributed by atoms with Crippen LogP contribution in [0.25, 0.3) is 0 Å². The zero-order chi connectivity index (χ0) is 14.5. The van der Waals surface area contributed by atoms with Crippen molar-refractivity contribution in [3.8, 4) is 0 Å². The zero-order valence-electron chi connectivity index (χ0n) is 10.7. The SMILES string of the molecule is C[C@H](NC(=O)c1cccs1)C(=O)Nc1ccc(F)cc1. The molecule has 2 aromatic rings. The Morgan fingerprint density at radius 3 is 2.50 bits per heavy atom. The summed E-state index contributed by atoms with van der Waals surface area (Å²) in [7, 11) is 0. The summed E-state index contributed by atoms with van der Waals surface area (Å²) < 4.78 is 12.7. The third-order valence-corrected chi connectivity index (χ3v) is 3.47. The van der Waals surface area contributed by atoms with E-state index in [1.807, 2.05) is 0 Å². The third-order valence-electron chi connectivity index (χ3n) is 2.60. The fourth-order valence-electron chi connectivity index (χ4n) is 1.52. The summed E-state index contributed by atoms with van der Waals surface area (Å²) in [6.45, 7) is 1.59. The van der Waals surface area contributed by atoms with Gasteiger partial charge in [-0.1, -0.05) is 6.07 Å². The van der Waals surface area contributed by atoms with Crippen molar-refractivity contribution in [3.63, 3.8) is 0 Å². The van der Waals surface area contributed by atoms with Crippen LogP contribution in [0.4, 0.5) is 10.1 Å². The molecule has 0 unspecified atom stereocenters. The highest BCUT2D eigenvalue weighted by Crippen LogP contribution is 2.10. The molecule has 2 rings (SSSR count).